The molecular weight excluding hydrogens is 396 g/mol. The molecule has 3 heterocycles. The maximum absolute atomic E-state index is 13.4. The fourth-order valence-corrected chi connectivity index (χ4v) is 9.39. The lowest BCUT2D eigenvalue weighted by Gasteiger charge is -2.40. The Morgan fingerprint density at radius 3 is 2.52 bits per heavy atom. The van der Waals surface area contributed by atoms with Gasteiger partial charge in [-0.15, -0.1) is 0 Å². The summed E-state index contributed by atoms with van der Waals surface area (Å²) in [5.74, 6) is 3.93. The molecule has 6 bridgehead atoms. The van der Waals surface area contributed by atoms with Gasteiger partial charge in [0.25, 0.3) is 0 Å². The number of hydrogen-bond acceptors (Lipinski definition) is 6. The van der Waals surface area contributed by atoms with Crippen LogP contribution in [0.5, 0.6) is 0 Å². The van der Waals surface area contributed by atoms with Crippen molar-refractivity contribution in [3.05, 3.63) is 12.2 Å². The summed E-state index contributed by atoms with van der Waals surface area (Å²) in [6.07, 6.45) is 7.42. The zero-order valence-electron chi connectivity index (χ0n) is 18.4. The number of allylic oxidation sites excluding steroid dienone is 2. The van der Waals surface area contributed by atoms with E-state index in [1.165, 1.54) is 19.8 Å². The monoisotopic (exact) mass is 428 g/mol. The number of hydrogen-bond donors (Lipinski definition) is 0. The molecule has 0 spiro atoms. The van der Waals surface area contributed by atoms with E-state index in [1.54, 1.807) is 0 Å². The predicted molar refractivity (Wildman–Crippen MR) is 109 cm³/mol. The maximum Gasteiger partial charge on any atom is 0.309 e. The minimum absolute atomic E-state index is 0.0234. The maximum atomic E-state index is 13.4. The van der Waals surface area contributed by atoms with E-state index >= 15 is 0 Å². The van der Waals surface area contributed by atoms with Gasteiger partial charge in [0.05, 0.1) is 18.6 Å². The molecule has 3 saturated heterocycles. The highest BCUT2D eigenvalue weighted by atomic mass is 16.6. The summed E-state index contributed by atoms with van der Waals surface area (Å²) in [5, 5.41) is 0. The zero-order chi connectivity index (χ0) is 21.2. The Hall–Kier alpha value is -1.40. The quantitative estimate of drug-likeness (QED) is 0.390. The number of carbonyl (C=O) groups excluding carboxylic acids is 2. The highest BCUT2D eigenvalue weighted by Gasteiger charge is 2.70. The molecule has 168 valence electrons. The van der Waals surface area contributed by atoms with Crippen molar-refractivity contribution in [1.29, 1.82) is 0 Å². The third-order valence-corrected chi connectivity index (χ3v) is 10.0. The Balaban J connectivity index is 1.10. The molecule has 31 heavy (non-hydrogen) atoms. The molecule has 0 aromatic carbocycles. The van der Waals surface area contributed by atoms with Crippen molar-refractivity contribution in [2.24, 2.45) is 53.3 Å². The topological polar surface area (TPSA) is 71.1 Å². The van der Waals surface area contributed by atoms with E-state index in [4.69, 9.17) is 18.9 Å². The number of esters is 2. The standard InChI is InChI=1S/C25H32O6/c1-10(26)31-25(2,3)19-16-9-28-22-20(16)29-21(19)23(22)30-24(27)15-8-13-7-14(15)18-12-5-4-11(6-12)17(13)18/h4-5,11-23H,6-9H2,1-3H3. The second-order valence-electron chi connectivity index (χ2n) is 11.8. The molecule has 13 atom stereocenters. The Bertz CT molecular complexity index is 864. The van der Waals surface area contributed by atoms with Gasteiger partial charge >= 0.3 is 11.9 Å². The van der Waals surface area contributed by atoms with Crippen LogP contribution in [-0.2, 0) is 28.5 Å². The van der Waals surface area contributed by atoms with Gasteiger partial charge < -0.3 is 18.9 Å². The molecule has 0 amide bonds. The summed E-state index contributed by atoms with van der Waals surface area (Å²) >= 11 is 0. The first kappa shape index (κ1) is 19.1. The molecule has 7 rings (SSSR count). The number of carbonyl (C=O) groups is 2. The first-order valence-corrected chi connectivity index (χ1v) is 12.2. The van der Waals surface area contributed by atoms with Crippen molar-refractivity contribution in [3.63, 3.8) is 0 Å². The van der Waals surface area contributed by atoms with Gasteiger partial charge in [-0.3, -0.25) is 9.59 Å². The van der Waals surface area contributed by atoms with Crippen molar-refractivity contribution < 1.29 is 28.5 Å². The molecule has 6 nitrogen and oxygen atoms in total. The van der Waals surface area contributed by atoms with Gasteiger partial charge in [-0.25, -0.2) is 0 Å². The lowest BCUT2D eigenvalue weighted by molar-refractivity contribution is -0.174. The smallest absolute Gasteiger partial charge is 0.309 e. The Morgan fingerprint density at radius 1 is 0.968 bits per heavy atom. The number of ether oxygens (including phenoxy) is 4. The first-order valence-electron chi connectivity index (χ1n) is 12.2. The second kappa shape index (κ2) is 6.13. The summed E-state index contributed by atoms with van der Waals surface area (Å²) in [5.41, 5.74) is -0.686. The van der Waals surface area contributed by atoms with Crippen LogP contribution in [0.3, 0.4) is 0 Å². The molecule has 0 aromatic rings. The van der Waals surface area contributed by atoms with Gasteiger partial charge in [-0.1, -0.05) is 12.2 Å². The second-order valence-corrected chi connectivity index (χ2v) is 11.8. The van der Waals surface area contributed by atoms with Crippen molar-refractivity contribution in [2.45, 2.75) is 70.1 Å². The van der Waals surface area contributed by atoms with Crippen molar-refractivity contribution in [2.75, 3.05) is 6.61 Å². The molecule has 7 aliphatic rings. The molecule has 3 saturated carbocycles. The Labute approximate surface area is 183 Å². The first-order chi connectivity index (χ1) is 14.8. The molecular formula is C25H32O6. The van der Waals surface area contributed by atoms with E-state index in [2.05, 4.69) is 12.2 Å². The summed E-state index contributed by atoms with van der Waals surface area (Å²) in [7, 11) is 0. The summed E-state index contributed by atoms with van der Waals surface area (Å²) in [6, 6.07) is 0. The molecule has 6 fully saturated rings. The van der Waals surface area contributed by atoms with E-state index in [9.17, 15) is 9.59 Å². The summed E-state index contributed by atoms with van der Waals surface area (Å²) < 4.78 is 24.2. The van der Waals surface area contributed by atoms with Gasteiger partial charge in [0.1, 0.15) is 17.8 Å². The lowest BCUT2D eigenvalue weighted by atomic mass is 9.69. The van der Waals surface area contributed by atoms with Crippen LogP contribution in [0.15, 0.2) is 12.2 Å². The minimum atomic E-state index is -0.686. The third kappa shape index (κ3) is 2.41. The SMILES string of the molecule is CC(=O)OC(C)(C)C1C2COC3C2OC1C3OC(=O)C1CC2CC1C1C3C=CC(C3)C21. The highest BCUT2D eigenvalue weighted by molar-refractivity contribution is 5.74. The molecule has 6 heteroatoms. The van der Waals surface area contributed by atoms with Crippen LogP contribution in [0.2, 0.25) is 0 Å². The largest absolute Gasteiger partial charge is 0.459 e. The van der Waals surface area contributed by atoms with Crippen LogP contribution in [0.4, 0.5) is 0 Å². The summed E-state index contributed by atoms with van der Waals surface area (Å²) in [4.78, 5) is 25.1. The number of fused-ring (bicyclic) bond motifs is 10. The van der Waals surface area contributed by atoms with Crippen molar-refractivity contribution in [3.8, 4) is 0 Å². The van der Waals surface area contributed by atoms with Gasteiger partial charge in [0, 0.05) is 18.8 Å². The van der Waals surface area contributed by atoms with E-state index < -0.39 is 11.7 Å². The molecule has 0 N–H and O–H groups in total. The normalized spacial score (nSPS) is 54.6. The highest BCUT2D eigenvalue weighted by Crippen LogP contribution is 2.67. The van der Waals surface area contributed by atoms with E-state index in [0.717, 1.165) is 18.3 Å². The van der Waals surface area contributed by atoms with Crippen molar-refractivity contribution >= 4 is 11.9 Å². The van der Waals surface area contributed by atoms with E-state index in [1.807, 2.05) is 13.8 Å². The number of rotatable bonds is 4. The fourth-order valence-electron chi connectivity index (χ4n) is 9.39. The summed E-state index contributed by atoms with van der Waals surface area (Å²) in [6.45, 7) is 5.89. The van der Waals surface area contributed by atoms with Crippen LogP contribution in [-0.4, -0.2) is 48.6 Å². The van der Waals surface area contributed by atoms with Gasteiger partial charge in [-0.05, 0) is 68.6 Å². The van der Waals surface area contributed by atoms with Gasteiger partial charge in [0.15, 0.2) is 6.10 Å². The third-order valence-electron chi connectivity index (χ3n) is 10.0. The lowest BCUT2D eigenvalue weighted by Crippen LogP contribution is -2.53. The van der Waals surface area contributed by atoms with Crippen LogP contribution in [0.25, 0.3) is 0 Å². The van der Waals surface area contributed by atoms with Crippen molar-refractivity contribution in [1.82, 2.24) is 0 Å². The van der Waals surface area contributed by atoms with E-state index in [0.29, 0.717) is 30.3 Å². The molecule has 3 aliphatic heterocycles. The van der Waals surface area contributed by atoms with E-state index in [-0.39, 0.29) is 48.0 Å². The van der Waals surface area contributed by atoms with Crippen LogP contribution in [0, 0.1) is 53.3 Å². The molecule has 13 unspecified atom stereocenters. The minimum Gasteiger partial charge on any atom is -0.459 e. The van der Waals surface area contributed by atoms with Crippen LogP contribution >= 0.6 is 0 Å². The zero-order valence-corrected chi connectivity index (χ0v) is 18.4. The van der Waals surface area contributed by atoms with Crippen LogP contribution < -0.4 is 0 Å². The Morgan fingerprint density at radius 2 is 1.74 bits per heavy atom. The van der Waals surface area contributed by atoms with Gasteiger partial charge in [0.2, 0.25) is 0 Å². The van der Waals surface area contributed by atoms with Crippen LogP contribution in [0.1, 0.15) is 40.0 Å². The average molecular weight is 429 g/mol. The Kier molecular flexibility index (Phi) is 3.78. The average Bonchev–Trinajstić information content (AvgIpc) is 3.51. The predicted octanol–water partition coefficient (Wildman–Crippen LogP) is 2.75. The fraction of sp³-hybridized carbons (Fsp3) is 0.840. The molecule has 0 aromatic heterocycles. The van der Waals surface area contributed by atoms with Gasteiger partial charge in [-0.2, -0.15) is 0 Å². The molecule has 0 radical (unpaired) electrons. The molecule has 4 aliphatic carbocycles.